The molecule has 2 rings (SSSR count). The summed E-state index contributed by atoms with van der Waals surface area (Å²) in [5, 5.41) is 10.7. The summed E-state index contributed by atoms with van der Waals surface area (Å²) in [7, 11) is -3.86. The van der Waals surface area contributed by atoms with Crippen LogP contribution < -0.4 is 4.72 Å². The predicted molar refractivity (Wildman–Crippen MR) is 79.0 cm³/mol. The second-order valence-electron chi connectivity index (χ2n) is 4.11. The minimum atomic E-state index is -3.86. The van der Waals surface area contributed by atoms with E-state index in [1.165, 1.54) is 0 Å². The monoisotopic (exact) mass is 347 g/mol. The molecule has 0 aliphatic heterocycles. The molecule has 2 heterocycles. The van der Waals surface area contributed by atoms with Crippen LogP contribution in [0.25, 0.3) is 0 Å². The average molecular weight is 348 g/mol. The van der Waals surface area contributed by atoms with Gasteiger partial charge in [-0.2, -0.15) is 0 Å². The number of rotatable bonds is 5. The van der Waals surface area contributed by atoms with Crippen molar-refractivity contribution in [3.05, 3.63) is 50.1 Å². The Morgan fingerprint density at radius 3 is 2.81 bits per heavy atom. The van der Waals surface area contributed by atoms with E-state index in [0.29, 0.717) is 11.3 Å². The highest BCUT2D eigenvalue weighted by atomic mass is 35.5. The molecule has 0 aromatic carbocycles. The van der Waals surface area contributed by atoms with E-state index in [1.807, 2.05) is 6.92 Å². The molecular formula is C11H10ClN3O4S2. The molecule has 2 aromatic rings. The van der Waals surface area contributed by atoms with Crippen LogP contribution in [0.15, 0.2) is 28.7 Å². The van der Waals surface area contributed by atoms with E-state index in [0.717, 1.165) is 17.2 Å². The van der Waals surface area contributed by atoms with Gasteiger partial charge in [0.1, 0.15) is 4.21 Å². The summed E-state index contributed by atoms with van der Waals surface area (Å²) in [5.74, 6) is 0. The maximum absolute atomic E-state index is 12.1. The first-order valence-corrected chi connectivity index (χ1v) is 8.32. The number of pyridine rings is 1. The van der Waals surface area contributed by atoms with Crippen molar-refractivity contribution in [3.8, 4) is 0 Å². The van der Waals surface area contributed by atoms with Crippen molar-refractivity contribution in [2.24, 2.45) is 0 Å². The summed E-state index contributed by atoms with van der Waals surface area (Å²) in [6.45, 7) is 1.88. The van der Waals surface area contributed by atoms with E-state index in [9.17, 15) is 18.5 Å². The number of hydrogen-bond donors (Lipinski definition) is 1. The summed E-state index contributed by atoms with van der Waals surface area (Å²) < 4.78 is 26.2. The van der Waals surface area contributed by atoms with Gasteiger partial charge in [0.25, 0.3) is 15.7 Å². The number of nitro groups is 1. The first-order valence-electron chi connectivity index (χ1n) is 5.64. The lowest BCUT2D eigenvalue weighted by Crippen LogP contribution is -2.22. The first-order chi connectivity index (χ1) is 9.81. The molecule has 0 saturated carbocycles. The average Bonchev–Trinajstić information content (AvgIpc) is 2.81. The number of aryl methyl sites for hydroxylation is 1. The minimum Gasteiger partial charge on any atom is -0.264 e. The van der Waals surface area contributed by atoms with Gasteiger partial charge < -0.3 is 0 Å². The third-order valence-electron chi connectivity index (χ3n) is 2.71. The van der Waals surface area contributed by atoms with Crippen molar-refractivity contribution < 1.29 is 13.3 Å². The lowest BCUT2D eigenvalue weighted by atomic mass is 10.2. The van der Waals surface area contributed by atoms with E-state index in [2.05, 4.69) is 9.71 Å². The highest BCUT2D eigenvalue weighted by Crippen LogP contribution is 2.36. The molecule has 0 bridgehead atoms. The number of halogens is 1. The van der Waals surface area contributed by atoms with Crippen LogP contribution in [0, 0.1) is 17.0 Å². The van der Waals surface area contributed by atoms with Gasteiger partial charge in [-0.1, -0.05) is 11.6 Å². The maximum Gasteiger partial charge on any atom is 0.300 e. The van der Waals surface area contributed by atoms with E-state index in [4.69, 9.17) is 11.6 Å². The third-order valence-corrected chi connectivity index (χ3v) is 5.92. The highest BCUT2D eigenvalue weighted by molar-refractivity contribution is 7.91. The van der Waals surface area contributed by atoms with Crippen LogP contribution in [-0.4, -0.2) is 18.3 Å². The van der Waals surface area contributed by atoms with Gasteiger partial charge in [-0.15, -0.1) is 11.3 Å². The quantitative estimate of drug-likeness (QED) is 0.661. The molecule has 0 unspecified atom stereocenters. The fourth-order valence-electron chi connectivity index (χ4n) is 1.52. The number of aromatic nitrogens is 1. The molecule has 21 heavy (non-hydrogen) atoms. The smallest absolute Gasteiger partial charge is 0.264 e. The molecule has 0 amide bonds. The van der Waals surface area contributed by atoms with Crippen LogP contribution in [0.1, 0.15) is 11.1 Å². The molecule has 10 heteroatoms. The zero-order chi connectivity index (χ0) is 15.6. The normalized spacial score (nSPS) is 11.5. The number of nitrogens with one attached hydrogen (secondary N) is 1. The fraction of sp³-hybridized carbons (Fsp3) is 0.182. The van der Waals surface area contributed by atoms with Crippen LogP contribution in [0.2, 0.25) is 4.34 Å². The van der Waals surface area contributed by atoms with Gasteiger partial charge in [-0.25, -0.2) is 13.1 Å². The van der Waals surface area contributed by atoms with Crippen LogP contribution >= 0.6 is 22.9 Å². The van der Waals surface area contributed by atoms with Gasteiger partial charge in [0, 0.05) is 25.0 Å². The Morgan fingerprint density at radius 1 is 1.52 bits per heavy atom. The van der Waals surface area contributed by atoms with Crippen molar-refractivity contribution in [2.45, 2.75) is 17.7 Å². The second kappa shape index (κ2) is 6.06. The molecule has 0 fully saturated rings. The second-order valence-corrected chi connectivity index (χ2v) is 7.76. The third kappa shape index (κ3) is 3.56. The SMILES string of the molecule is Cc1ccncc1CNS(=O)(=O)c1cc([N+](=O)[O-])c(Cl)s1. The summed E-state index contributed by atoms with van der Waals surface area (Å²) in [4.78, 5) is 13.9. The Kier molecular flexibility index (Phi) is 4.57. The van der Waals surface area contributed by atoms with Crippen molar-refractivity contribution in [3.63, 3.8) is 0 Å². The number of nitrogens with zero attached hydrogens (tertiary/aromatic N) is 2. The largest absolute Gasteiger partial charge is 0.300 e. The van der Waals surface area contributed by atoms with Gasteiger partial charge in [0.2, 0.25) is 0 Å². The zero-order valence-corrected chi connectivity index (χ0v) is 13.1. The molecule has 0 spiro atoms. The lowest BCUT2D eigenvalue weighted by Gasteiger charge is -2.06. The van der Waals surface area contributed by atoms with E-state index >= 15 is 0 Å². The van der Waals surface area contributed by atoms with E-state index in [-0.39, 0.29) is 15.1 Å². The summed E-state index contributed by atoms with van der Waals surface area (Å²) in [5.41, 5.74) is 1.20. The maximum atomic E-state index is 12.1. The molecule has 0 saturated heterocycles. The molecule has 0 radical (unpaired) electrons. The predicted octanol–water partition coefficient (Wildman–Crippen LogP) is 2.49. The summed E-state index contributed by atoms with van der Waals surface area (Å²) >= 11 is 6.31. The van der Waals surface area contributed by atoms with Crippen molar-refractivity contribution >= 4 is 38.6 Å². The molecule has 0 atom stereocenters. The van der Waals surface area contributed by atoms with Crippen LogP contribution in [-0.2, 0) is 16.6 Å². The van der Waals surface area contributed by atoms with Gasteiger partial charge in [0.15, 0.2) is 4.34 Å². The number of thiophene rings is 1. The standard InChI is InChI=1S/C11H10ClN3O4S2/c1-7-2-3-13-5-8(7)6-14-21(18,19)10-4-9(15(16)17)11(12)20-10/h2-5,14H,6H2,1H3. The Balaban J connectivity index is 2.21. The molecule has 0 aliphatic rings. The summed E-state index contributed by atoms with van der Waals surface area (Å²) in [6, 6.07) is 2.71. The minimum absolute atomic E-state index is 0.0469. The van der Waals surface area contributed by atoms with Crippen LogP contribution in [0.5, 0.6) is 0 Å². The van der Waals surface area contributed by atoms with Crippen LogP contribution in [0.4, 0.5) is 5.69 Å². The van der Waals surface area contributed by atoms with Gasteiger partial charge in [0.05, 0.1) is 4.92 Å². The topological polar surface area (TPSA) is 102 Å². The summed E-state index contributed by atoms with van der Waals surface area (Å²) in [6.07, 6.45) is 3.16. The molecule has 7 nitrogen and oxygen atoms in total. The Morgan fingerprint density at radius 2 is 2.24 bits per heavy atom. The van der Waals surface area contributed by atoms with E-state index in [1.54, 1.807) is 18.5 Å². The van der Waals surface area contributed by atoms with Crippen molar-refractivity contribution in [2.75, 3.05) is 0 Å². The van der Waals surface area contributed by atoms with Crippen molar-refractivity contribution in [1.29, 1.82) is 0 Å². The Labute approximate surface area is 129 Å². The molecule has 2 aromatic heterocycles. The number of sulfonamides is 1. The number of hydrogen-bond acceptors (Lipinski definition) is 6. The van der Waals surface area contributed by atoms with Gasteiger partial charge >= 0.3 is 0 Å². The highest BCUT2D eigenvalue weighted by Gasteiger charge is 2.25. The molecule has 1 N–H and O–H groups in total. The molecular weight excluding hydrogens is 338 g/mol. The van der Waals surface area contributed by atoms with Gasteiger partial charge in [-0.05, 0) is 24.1 Å². The fourth-order valence-corrected chi connectivity index (χ4v) is 4.24. The first kappa shape index (κ1) is 15.8. The van der Waals surface area contributed by atoms with Gasteiger partial charge in [-0.3, -0.25) is 15.1 Å². The Bertz CT molecular complexity index is 789. The zero-order valence-electron chi connectivity index (χ0n) is 10.7. The van der Waals surface area contributed by atoms with E-state index < -0.39 is 20.6 Å². The lowest BCUT2D eigenvalue weighted by molar-refractivity contribution is -0.384. The molecule has 112 valence electrons. The Hall–Kier alpha value is -1.55. The molecule has 0 aliphatic carbocycles. The van der Waals surface area contributed by atoms with Crippen LogP contribution in [0.3, 0.4) is 0 Å². The van der Waals surface area contributed by atoms with Crippen molar-refractivity contribution in [1.82, 2.24) is 9.71 Å².